The summed E-state index contributed by atoms with van der Waals surface area (Å²) in [5.41, 5.74) is -0.147. The van der Waals surface area contributed by atoms with Gasteiger partial charge in [-0.15, -0.1) is 0 Å². The molecule has 2 rings (SSSR count). The Morgan fingerprint density at radius 1 is 1.25 bits per heavy atom. The first-order valence-electron chi connectivity index (χ1n) is 7.32. The summed E-state index contributed by atoms with van der Waals surface area (Å²) in [5, 5.41) is 9.12. The largest absolute Gasteiger partial charge is 0.508 e. The molecule has 3 atom stereocenters. The average Bonchev–Trinajstić information content (AvgIpc) is 2.92. The Morgan fingerprint density at radius 3 is 2.54 bits per heavy atom. The second-order valence-electron chi connectivity index (χ2n) is 5.26. The molecule has 24 heavy (non-hydrogen) atoms. The van der Waals surface area contributed by atoms with E-state index in [4.69, 9.17) is 19.3 Å². The third-order valence-corrected chi connectivity index (χ3v) is 3.62. The van der Waals surface area contributed by atoms with Gasteiger partial charge in [0.15, 0.2) is 0 Å². The van der Waals surface area contributed by atoms with Gasteiger partial charge < -0.3 is 24.1 Å². The van der Waals surface area contributed by atoms with Gasteiger partial charge in [-0.3, -0.25) is 0 Å². The van der Waals surface area contributed by atoms with Gasteiger partial charge in [-0.2, -0.15) is 0 Å². The molecule has 0 aliphatic carbocycles. The number of benzene rings is 1. The first-order valence-corrected chi connectivity index (χ1v) is 7.32. The molecule has 130 valence electrons. The van der Waals surface area contributed by atoms with Crippen LogP contribution in [0.25, 0.3) is 0 Å². The van der Waals surface area contributed by atoms with E-state index in [2.05, 4.69) is 4.74 Å². The summed E-state index contributed by atoms with van der Waals surface area (Å²) in [4.78, 5) is 34.4. The Hall–Kier alpha value is -2.61. The van der Waals surface area contributed by atoms with Crippen LogP contribution in [0, 0.1) is 0 Å². The molecule has 8 heteroatoms. The molecule has 8 nitrogen and oxygen atoms in total. The summed E-state index contributed by atoms with van der Waals surface area (Å²) in [6.07, 6.45) is -1.88. The van der Waals surface area contributed by atoms with Gasteiger partial charge in [0.05, 0.1) is 30.4 Å². The number of rotatable bonds is 5. The zero-order valence-corrected chi connectivity index (χ0v) is 13.3. The number of esters is 1. The number of carbonyl (C=O) groups excluding carboxylic acids is 2. The Morgan fingerprint density at radius 2 is 1.92 bits per heavy atom. The third-order valence-electron chi connectivity index (χ3n) is 3.62. The Balaban J connectivity index is 1.97. The van der Waals surface area contributed by atoms with E-state index in [1.54, 1.807) is 13.0 Å². The SMILES string of the molecule is COC(=O)OC[C@@H]1C[C@@H](OC(=O)c2ccccc2C(=O)O)[C@H](C)O1. The first kappa shape index (κ1) is 17.7. The number of hydrogen-bond acceptors (Lipinski definition) is 7. The highest BCUT2D eigenvalue weighted by molar-refractivity contribution is 6.02. The van der Waals surface area contributed by atoms with Crippen molar-refractivity contribution in [3.05, 3.63) is 35.4 Å². The molecule has 1 N–H and O–H groups in total. The maximum atomic E-state index is 12.2. The van der Waals surface area contributed by atoms with Gasteiger partial charge in [-0.05, 0) is 19.1 Å². The van der Waals surface area contributed by atoms with Gasteiger partial charge in [0.25, 0.3) is 0 Å². The fourth-order valence-corrected chi connectivity index (χ4v) is 2.42. The lowest BCUT2D eigenvalue weighted by molar-refractivity contribution is -0.0226. The standard InChI is InChI=1S/C16H18O8/c1-9-13(7-10(23-9)8-22-16(20)21-2)24-15(19)12-6-4-3-5-11(12)14(17)18/h3-6,9-10,13H,7-8H2,1-2H3,(H,17,18)/t9-,10-,13+/m0/s1. The summed E-state index contributed by atoms with van der Waals surface area (Å²) in [6, 6.07) is 5.82. The summed E-state index contributed by atoms with van der Waals surface area (Å²) in [7, 11) is 1.20. The number of methoxy groups -OCH3 is 1. The molecule has 0 bridgehead atoms. The van der Waals surface area contributed by atoms with Crippen molar-refractivity contribution >= 4 is 18.1 Å². The zero-order valence-electron chi connectivity index (χ0n) is 13.3. The normalized spacial score (nSPS) is 22.7. The quantitative estimate of drug-likeness (QED) is 0.811. The average molecular weight is 338 g/mol. The highest BCUT2D eigenvalue weighted by Gasteiger charge is 2.36. The van der Waals surface area contributed by atoms with Crippen LogP contribution in [0.3, 0.4) is 0 Å². The molecule has 1 aromatic rings. The first-order chi connectivity index (χ1) is 11.4. The summed E-state index contributed by atoms with van der Waals surface area (Å²) >= 11 is 0. The Kier molecular flexibility index (Phi) is 5.75. The zero-order chi connectivity index (χ0) is 17.7. The minimum atomic E-state index is -1.21. The smallest absolute Gasteiger partial charge is 0.478 e. The molecule has 0 aromatic heterocycles. The maximum Gasteiger partial charge on any atom is 0.508 e. The second-order valence-corrected chi connectivity index (χ2v) is 5.26. The van der Waals surface area contributed by atoms with Crippen LogP contribution in [-0.4, -0.2) is 55.2 Å². The van der Waals surface area contributed by atoms with Crippen molar-refractivity contribution in [2.45, 2.75) is 31.7 Å². The van der Waals surface area contributed by atoms with Gasteiger partial charge >= 0.3 is 18.1 Å². The minimum absolute atomic E-state index is 0.0171. The molecule has 1 saturated heterocycles. The van der Waals surface area contributed by atoms with Crippen molar-refractivity contribution in [3.8, 4) is 0 Å². The van der Waals surface area contributed by atoms with Crippen LogP contribution in [0.5, 0.6) is 0 Å². The number of ether oxygens (including phenoxy) is 4. The Bertz CT molecular complexity index is 626. The van der Waals surface area contributed by atoms with E-state index in [0.29, 0.717) is 6.42 Å². The predicted octanol–water partition coefficient (Wildman–Crippen LogP) is 1.87. The molecule has 0 unspecified atom stereocenters. The summed E-state index contributed by atoms with van der Waals surface area (Å²) in [5.74, 6) is -1.94. The van der Waals surface area contributed by atoms with Crippen LogP contribution in [0.4, 0.5) is 4.79 Å². The molecule has 0 radical (unpaired) electrons. The fourth-order valence-electron chi connectivity index (χ4n) is 2.42. The topological polar surface area (TPSA) is 108 Å². The maximum absolute atomic E-state index is 12.2. The molecule has 1 aromatic carbocycles. The van der Waals surface area contributed by atoms with Crippen molar-refractivity contribution in [2.24, 2.45) is 0 Å². The number of carboxylic acids is 1. The van der Waals surface area contributed by atoms with Gasteiger partial charge in [-0.1, -0.05) is 12.1 Å². The van der Waals surface area contributed by atoms with Crippen LogP contribution in [0.2, 0.25) is 0 Å². The number of aromatic carboxylic acids is 1. The van der Waals surface area contributed by atoms with Gasteiger partial charge in [0.1, 0.15) is 12.7 Å². The number of carbonyl (C=O) groups is 3. The van der Waals surface area contributed by atoms with E-state index in [-0.39, 0.29) is 17.7 Å². The van der Waals surface area contributed by atoms with E-state index in [0.717, 1.165) is 0 Å². The minimum Gasteiger partial charge on any atom is -0.478 e. The third kappa shape index (κ3) is 4.23. The molecule has 0 saturated carbocycles. The lowest BCUT2D eigenvalue weighted by atomic mass is 10.1. The number of carboxylic acid groups (broad SMARTS) is 1. The molecular formula is C16H18O8. The predicted molar refractivity (Wildman–Crippen MR) is 79.9 cm³/mol. The van der Waals surface area contributed by atoms with E-state index < -0.39 is 36.4 Å². The van der Waals surface area contributed by atoms with E-state index >= 15 is 0 Å². The van der Waals surface area contributed by atoms with Crippen LogP contribution in [0.1, 0.15) is 34.1 Å². The van der Waals surface area contributed by atoms with Crippen molar-refractivity contribution < 1.29 is 38.4 Å². The van der Waals surface area contributed by atoms with Crippen LogP contribution in [0.15, 0.2) is 24.3 Å². The van der Waals surface area contributed by atoms with Gasteiger partial charge in [0, 0.05) is 6.42 Å². The highest BCUT2D eigenvalue weighted by atomic mass is 16.7. The summed E-state index contributed by atoms with van der Waals surface area (Å²) < 4.78 is 20.1. The van der Waals surface area contributed by atoms with Crippen LogP contribution >= 0.6 is 0 Å². The van der Waals surface area contributed by atoms with E-state index in [9.17, 15) is 14.4 Å². The molecule has 1 fully saturated rings. The molecule has 1 aliphatic heterocycles. The van der Waals surface area contributed by atoms with Gasteiger partial charge in [-0.25, -0.2) is 14.4 Å². The highest BCUT2D eigenvalue weighted by Crippen LogP contribution is 2.25. The lowest BCUT2D eigenvalue weighted by Crippen LogP contribution is -2.25. The molecule has 1 heterocycles. The monoisotopic (exact) mass is 338 g/mol. The molecule has 0 amide bonds. The van der Waals surface area contributed by atoms with E-state index in [1.165, 1.54) is 25.3 Å². The molecular weight excluding hydrogens is 320 g/mol. The van der Waals surface area contributed by atoms with E-state index in [1.807, 2.05) is 0 Å². The van der Waals surface area contributed by atoms with Crippen molar-refractivity contribution in [1.82, 2.24) is 0 Å². The van der Waals surface area contributed by atoms with Crippen LogP contribution < -0.4 is 0 Å². The summed E-state index contributed by atoms with van der Waals surface area (Å²) in [6.45, 7) is 1.70. The molecule has 1 aliphatic rings. The van der Waals surface area contributed by atoms with Crippen LogP contribution in [-0.2, 0) is 18.9 Å². The van der Waals surface area contributed by atoms with Gasteiger partial charge in [0.2, 0.25) is 0 Å². The van der Waals surface area contributed by atoms with Crippen molar-refractivity contribution in [3.63, 3.8) is 0 Å². The van der Waals surface area contributed by atoms with Crippen molar-refractivity contribution in [1.29, 1.82) is 0 Å². The Labute approximate surface area is 138 Å². The number of hydrogen-bond donors (Lipinski definition) is 1. The van der Waals surface area contributed by atoms with Crippen molar-refractivity contribution in [2.75, 3.05) is 13.7 Å². The second kappa shape index (κ2) is 7.78. The lowest BCUT2D eigenvalue weighted by Gasteiger charge is -2.15. The fraction of sp³-hybridized carbons (Fsp3) is 0.438. The molecule has 0 spiro atoms.